The molecule has 138 valence electrons. The number of nitrogens with one attached hydrogen (secondary N) is 1. The lowest BCUT2D eigenvalue weighted by atomic mass is 9.98. The number of ether oxygens (including phenoxy) is 1. The average Bonchev–Trinajstić information content (AvgIpc) is 2.64. The number of hydrogen-bond acceptors (Lipinski definition) is 4. The predicted molar refractivity (Wildman–Crippen MR) is 91.3 cm³/mol. The van der Waals surface area contributed by atoms with Crippen molar-refractivity contribution >= 4 is 11.9 Å². The van der Waals surface area contributed by atoms with Gasteiger partial charge in [-0.3, -0.25) is 4.79 Å². The standard InChI is InChI=1S/C19H19F2NO4/c1-26-19(25)18-14(4-2-5-15(18)20)12-7-8-13(16(21)10-12)11-22-17(24)6-3-9-23/h2,4-5,7-8,10,23H,3,6,9,11H2,1H3,(H,22,24). The number of aliphatic hydroxyl groups excluding tert-OH is 1. The molecule has 0 fully saturated rings. The van der Waals surface area contributed by atoms with Crippen molar-refractivity contribution in [1.29, 1.82) is 0 Å². The summed E-state index contributed by atoms with van der Waals surface area (Å²) in [5.74, 6) is -2.49. The largest absolute Gasteiger partial charge is 0.465 e. The molecule has 2 N–H and O–H groups in total. The molecule has 0 saturated heterocycles. The maximum absolute atomic E-state index is 14.4. The van der Waals surface area contributed by atoms with Crippen molar-refractivity contribution in [2.45, 2.75) is 19.4 Å². The van der Waals surface area contributed by atoms with Crippen LogP contribution in [0.5, 0.6) is 0 Å². The summed E-state index contributed by atoms with van der Waals surface area (Å²) in [5, 5.41) is 11.2. The van der Waals surface area contributed by atoms with Crippen LogP contribution in [0, 0.1) is 11.6 Å². The molecule has 0 aliphatic rings. The van der Waals surface area contributed by atoms with Crippen molar-refractivity contribution in [2.75, 3.05) is 13.7 Å². The Balaban J connectivity index is 2.24. The fraction of sp³-hybridized carbons (Fsp3) is 0.263. The third kappa shape index (κ3) is 4.64. The summed E-state index contributed by atoms with van der Waals surface area (Å²) >= 11 is 0. The van der Waals surface area contributed by atoms with E-state index in [9.17, 15) is 18.4 Å². The second-order valence-corrected chi connectivity index (χ2v) is 5.56. The molecule has 0 atom stereocenters. The first kappa shape index (κ1) is 19.5. The highest BCUT2D eigenvalue weighted by atomic mass is 19.1. The zero-order chi connectivity index (χ0) is 19.1. The molecule has 0 bridgehead atoms. The van der Waals surface area contributed by atoms with Crippen LogP contribution in [-0.4, -0.2) is 30.7 Å². The molecule has 0 saturated carbocycles. The van der Waals surface area contributed by atoms with Crippen LogP contribution in [-0.2, 0) is 16.1 Å². The van der Waals surface area contributed by atoms with E-state index in [4.69, 9.17) is 5.11 Å². The molecule has 0 radical (unpaired) electrons. The summed E-state index contributed by atoms with van der Waals surface area (Å²) in [6, 6.07) is 8.23. The lowest BCUT2D eigenvalue weighted by Crippen LogP contribution is -2.23. The number of hydrogen-bond donors (Lipinski definition) is 2. The zero-order valence-electron chi connectivity index (χ0n) is 14.2. The number of carbonyl (C=O) groups is 2. The van der Waals surface area contributed by atoms with Crippen LogP contribution in [0.2, 0.25) is 0 Å². The highest BCUT2D eigenvalue weighted by Crippen LogP contribution is 2.28. The van der Waals surface area contributed by atoms with Gasteiger partial charge in [0, 0.05) is 25.1 Å². The Bertz CT molecular complexity index is 808. The Kier molecular flexibility index (Phi) is 6.80. The smallest absolute Gasteiger partial charge is 0.341 e. The average molecular weight is 363 g/mol. The van der Waals surface area contributed by atoms with Crippen LogP contribution in [0.3, 0.4) is 0 Å². The van der Waals surface area contributed by atoms with Gasteiger partial charge in [0.1, 0.15) is 17.2 Å². The highest BCUT2D eigenvalue weighted by Gasteiger charge is 2.19. The van der Waals surface area contributed by atoms with Gasteiger partial charge in [-0.15, -0.1) is 0 Å². The van der Waals surface area contributed by atoms with Gasteiger partial charge in [-0.25, -0.2) is 13.6 Å². The second kappa shape index (κ2) is 9.05. The molecule has 5 nitrogen and oxygen atoms in total. The molecule has 2 aromatic carbocycles. The lowest BCUT2D eigenvalue weighted by Gasteiger charge is -2.11. The fourth-order valence-corrected chi connectivity index (χ4v) is 2.45. The summed E-state index contributed by atoms with van der Waals surface area (Å²) in [5.41, 5.74) is 0.522. The van der Waals surface area contributed by atoms with E-state index in [-0.39, 0.29) is 42.2 Å². The summed E-state index contributed by atoms with van der Waals surface area (Å²) in [4.78, 5) is 23.4. The van der Waals surface area contributed by atoms with E-state index in [1.807, 2.05) is 0 Å². The van der Waals surface area contributed by atoms with E-state index in [0.717, 1.165) is 13.2 Å². The molecule has 0 aliphatic carbocycles. The molecular weight excluding hydrogens is 344 g/mol. The van der Waals surface area contributed by atoms with Gasteiger partial charge in [-0.2, -0.15) is 0 Å². The third-order valence-electron chi connectivity index (χ3n) is 3.81. The molecule has 1 amide bonds. The molecular formula is C19H19F2NO4. The van der Waals surface area contributed by atoms with Crippen molar-refractivity contribution in [3.05, 3.63) is 59.2 Å². The van der Waals surface area contributed by atoms with Gasteiger partial charge >= 0.3 is 5.97 Å². The van der Waals surface area contributed by atoms with Gasteiger partial charge in [-0.1, -0.05) is 24.3 Å². The van der Waals surface area contributed by atoms with Gasteiger partial charge in [0.25, 0.3) is 0 Å². The topological polar surface area (TPSA) is 75.6 Å². The van der Waals surface area contributed by atoms with Gasteiger partial charge in [0.2, 0.25) is 5.91 Å². The summed E-state index contributed by atoms with van der Waals surface area (Å²) in [6.07, 6.45) is 0.491. The van der Waals surface area contributed by atoms with Crippen molar-refractivity contribution in [2.24, 2.45) is 0 Å². The quantitative estimate of drug-likeness (QED) is 0.742. The molecule has 0 unspecified atom stereocenters. The highest BCUT2D eigenvalue weighted by molar-refractivity contribution is 5.97. The minimum atomic E-state index is -0.848. The molecule has 0 spiro atoms. The van der Waals surface area contributed by atoms with Crippen LogP contribution in [0.4, 0.5) is 8.78 Å². The van der Waals surface area contributed by atoms with Gasteiger partial charge in [-0.05, 0) is 29.7 Å². The van der Waals surface area contributed by atoms with E-state index >= 15 is 0 Å². The minimum Gasteiger partial charge on any atom is -0.465 e. The van der Waals surface area contributed by atoms with Crippen LogP contribution in [0.1, 0.15) is 28.8 Å². The minimum absolute atomic E-state index is 0.0105. The van der Waals surface area contributed by atoms with Crippen molar-refractivity contribution in [3.8, 4) is 11.1 Å². The molecule has 0 aromatic heterocycles. The summed E-state index contributed by atoms with van der Waals surface area (Å²) < 4.78 is 32.9. The number of rotatable bonds is 7. The summed E-state index contributed by atoms with van der Waals surface area (Å²) in [6.45, 7) is -0.101. The van der Waals surface area contributed by atoms with E-state index < -0.39 is 17.6 Å². The summed E-state index contributed by atoms with van der Waals surface area (Å²) in [7, 11) is 1.14. The fourth-order valence-electron chi connectivity index (χ4n) is 2.45. The number of benzene rings is 2. The lowest BCUT2D eigenvalue weighted by molar-refractivity contribution is -0.121. The maximum Gasteiger partial charge on any atom is 0.341 e. The molecule has 0 aliphatic heterocycles. The number of esters is 1. The molecule has 0 heterocycles. The van der Waals surface area contributed by atoms with Crippen LogP contribution >= 0.6 is 0 Å². The molecule has 2 rings (SSSR count). The number of carbonyl (C=O) groups excluding carboxylic acids is 2. The number of methoxy groups -OCH3 is 1. The van der Waals surface area contributed by atoms with Crippen LogP contribution in [0.15, 0.2) is 36.4 Å². The Hall–Kier alpha value is -2.80. The molecule has 26 heavy (non-hydrogen) atoms. The van der Waals surface area contributed by atoms with Gasteiger partial charge < -0.3 is 15.2 Å². The van der Waals surface area contributed by atoms with Gasteiger partial charge in [0.15, 0.2) is 0 Å². The Morgan fingerprint density at radius 3 is 2.58 bits per heavy atom. The maximum atomic E-state index is 14.4. The normalized spacial score (nSPS) is 10.5. The predicted octanol–water partition coefficient (Wildman–Crippen LogP) is 2.81. The Morgan fingerprint density at radius 1 is 1.15 bits per heavy atom. The van der Waals surface area contributed by atoms with E-state index in [1.54, 1.807) is 6.07 Å². The monoisotopic (exact) mass is 363 g/mol. The second-order valence-electron chi connectivity index (χ2n) is 5.56. The van der Waals surface area contributed by atoms with Crippen LogP contribution in [0.25, 0.3) is 11.1 Å². The SMILES string of the molecule is COC(=O)c1c(F)cccc1-c1ccc(CNC(=O)CCCO)c(F)c1. The molecule has 2 aromatic rings. The Morgan fingerprint density at radius 2 is 1.92 bits per heavy atom. The van der Waals surface area contributed by atoms with Crippen LogP contribution < -0.4 is 5.32 Å². The Labute approximate surface area is 149 Å². The van der Waals surface area contributed by atoms with Crippen molar-refractivity contribution < 1.29 is 28.2 Å². The third-order valence-corrected chi connectivity index (χ3v) is 3.81. The van der Waals surface area contributed by atoms with Gasteiger partial charge in [0.05, 0.1) is 7.11 Å². The number of halogens is 2. The van der Waals surface area contributed by atoms with E-state index in [1.165, 1.54) is 24.3 Å². The first-order valence-electron chi connectivity index (χ1n) is 8.01. The molecule has 7 heteroatoms. The van der Waals surface area contributed by atoms with Crippen molar-refractivity contribution in [3.63, 3.8) is 0 Å². The first-order valence-corrected chi connectivity index (χ1v) is 8.01. The number of amides is 1. The zero-order valence-corrected chi connectivity index (χ0v) is 14.2. The van der Waals surface area contributed by atoms with Crippen molar-refractivity contribution in [1.82, 2.24) is 5.32 Å². The van der Waals surface area contributed by atoms with E-state index in [2.05, 4.69) is 10.1 Å². The van der Waals surface area contributed by atoms with E-state index in [0.29, 0.717) is 12.0 Å². The first-order chi connectivity index (χ1) is 12.5. The number of aliphatic hydroxyl groups is 1.